The standard InChI is InChI=1S/C6H7NO.C2H6/c1-7-5-3-2-4-6(7)8;1-2/h2-5H,1H3;1-2H3. The molecule has 1 aromatic rings. The third kappa shape index (κ3) is 2.49. The lowest BCUT2D eigenvalue weighted by atomic mass is 10.5. The lowest BCUT2D eigenvalue weighted by Crippen LogP contribution is -2.12. The second-order valence-corrected chi connectivity index (χ2v) is 1.65. The van der Waals surface area contributed by atoms with Crippen LogP contribution in [0.2, 0.25) is 0 Å². The Morgan fingerprint density at radius 2 is 1.90 bits per heavy atom. The van der Waals surface area contributed by atoms with Gasteiger partial charge in [-0.25, -0.2) is 0 Å². The van der Waals surface area contributed by atoms with Crippen LogP contribution >= 0.6 is 0 Å². The van der Waals surface area contributed by atoms with Gasteiger partial charge in [0.25, 0.3) is 0 Å². The number of pyridine rings is 1. The summed E-state index contributed by atoms with van der Waals surface area (Å²) >= 11 is 0. The lowest BCUT2D eigenvalue weighted by molar-refractivity contribution is 0.860. The molecule has 0 bridgehead atoms. The first-order valence-corrected chi connectivity index (χ1v) is 3.42. The highest BCUT2D eigenvalue weighted by Gasteiger charge is 1.79. The van der Waals surface area contributed by atoms with Crippen LogP contribution in [-0.4, -0.2) is 4.57 Å². The van der Waals surface area contributed by atoms with E-state index < -0.39 is 0 Å². The smallest absolute Gasteiger partial charge is 0.250 e. The van der Waals surface area contributed by atoms with Crippen LogP contribution < -0.4 is 5.56 Å². The maximum absolute atomic E-state index is 10.6. The number of aromatic nitrogens is 1. The van der Waals surface area contributed by atoms with Crippen LogP contribution in [0.5, 0.6) is 0 Å². The van der Waals surface area contributed by atoms with Crippen molar-refractivity contribution in [2.24, 2.45) is 7.05 Å². The Labute approximate surface area is 61.1 Å². The summed E-state index contributed by atoms with van der Waals surface area (Å²) in [4.78, 5) is 10.6. The molecule has 0 unspecified atom stereocenters. The van der Waals surface area contributed by atoms with E-state index >= 15 is 0 Å². The van der Waals surface area contributed by atoms with Crippen molar-refractivity contribution in [3.8, 4) is 0 Å². The van der Waals surface area contributed by atoms with Crippen molar-refractivity contribution >= 4 is 0 Å². The summed E-state index contributed by atoms with van der Waals surface area (Å²) in [6.07, 6.45) is 1.72. The maximum atomic E-state index is 10.6. The van der Waals surface area contributed by atoms with E-state index in [2.05, 4.69) is 0 Å². The van der Waals surface area contributed by atoms with Crippen LogP contribution in [0, 0.1) is 0 Å². The molecule has 1 aromatic heterocycles. The Morgan fingerprint density at radius 1 is 1.30 bits per heavy atom. The zero-order valence-corrected chi connectivity index (χ0v) is 6.66. The number of rotatable bonds is 0. The Bertz CT molecular complexity index is 227. The second kappa shape index (κ2) is 4.79. The van der Waals surface area contributed by atoms with E-state index in [4.69, 9.17) is 0 Å². The van der Waals surface area contributed by atoms with E-state index in [1.165, 1.54) is 10.6 Å². The van der Waals surface area contributed by atoms with Crippen LogP contribution in [0.25, 0.3) is 0 Å². The summed E-state index contributed by atoms with van der Waals surface area (Å²) in [5, 5.41) is 0. The molecule has 0 aromatic carbocycles. The van der Waals surface area contributed by atoms with Gasteiger partial charge >= 0.3 is 0 Å². The van der Waals surface area contributed by atoms with Crippen LogP contribution in [0.3, 0.4) is 0 Å². The average Bonchev–Trinajstić information content (AvgIpc) is 2.00. The van der Waals surface area contributed by atoms with Crippen molar-refractivity contribution < 1.29 is 0 Å². The van der Waals surface area contributed by atoms with Crippen LogP contribution in [-0.2, 0) is 7.05 Å². The Balaban J connectivity index is 0.000000371. The molecular formula is C8H13NO. The topological polar surface area (TPSA) is 22.0 Å². The molecular weight excluding hydrogens is 126 g/mol. The predicted molar refractivity (Wildman–Crippen MR) is 43.0 cm³/mol. The van der Waals surface area contributed by atoms with Crippen molar-refractivity contribution in [2.45, 2.75) is 13.8 Å². The molecule has 0 radical (unpaired) electrons. The fraction of sp³-hybridized carbons (Fsp3) is 0.375. The molecule has 2 nitrogen and oxygen atoms in total. The van der Waals surface area contributed by atoms with Gasteiger partial charge in [-0.1, -0.05) is 19.9 Å². The van der Waals surface area contributed by atoms with E-state index in [0.29, 0.717) is 0 Å². The third-order valence-electron chi connectivity index (χ3n) is 1.01. The molecule has 0 spiro atoms. The van der Waals surface area contributed by atoms with Gasteiger partial charge in [-0.15, -0.1) is 0 Å². The first-order valence-electron chi connectivity index (χ1n) is 3.42. The van der Waals surface area contributed by atoms with Gasteiger partial charge in [0.15, 0.2) is 0 Å². The van der Waals surface area contributed by atoms with E-state index in [1.807, 2.05) is 19.9 Å². The summed E-state index contributed by atoms with van der Waals surface area (Å²) in [5.74, 6) is 0. The Hall–Kier alpha value is -1.05. The third-order valence-corrected chi connectivity index (χ3v) is 1.01. The fourth-order valence-electron chi connectivity index (χ4n) is 0.508. The molecule has 0 aliphatic heterocycles. The Morgan fingerprint density at radius 3 is 2.20 bits per heavy atom. The molecule has 2 heteroatoms. The van der Waals surface area contributed by atoms with E-state index in [1.54, 1.807) is 19.3 Å². The zero-order valence-electron chi connectivity index (χ0n) is 6.66. The zero-order chi connectivity index (χ0) is 7.98. The van der Waals surface area contributed by atoms with E-state index in [-0.39, 0.29) is 5.56 Å². The number of hydrogen-bond acceptors (Lipinski definition) is 1. The minimum Gasteiger partial charge on any atom is -0.319 e. The molecule has 0 amide bonds. The summed E-state index contributed by atoms with van der Waals surface area (Å²) in [6.45, 7) is 4.00. The quantitative estimate of drug-likeness (QED) is 0.532. The summed E-state index contributed by atoms with van der Waals surface area (Å²) in [5.41, 5.74) is 0.0347. The first-order chi connectivity index (χ1) is 4.80. The second-order valence-electron chi connectivity index (χ2n) is 1.65. The lowest BCUT2D eigenvalue weighted by Gasteiger charge is -1.89. The van der Waals surface area contributed by atoms with Crippen LogP contribution in [0.4, 0.5) is 0 Å². The van der Waals surface area contributed by atoms with Gasteiger partial charge in [0.2, 0.25) is 5.56 Å². The minimum atomic E-state index is 0.0347. The molecule has 0 fully saturated rings. The van der Waals surface area contributed by atoms with Crippen LogP contribution in [0.1, 0.15) is 13.8 Å². The van der Waals surface area contributed by atoms with Gasteiger partial charge in [0, 0.05) is 19.3 Å². The van der Waals surface area contributed by atoms with Gasteiger partial charge in [-0.05, 0) is 6.07 Å². The van der Waals surface area contributed by atoms with Crippen LogP contribution in [0.15, 0.2) is 29.2 Å². The largest absolute Gasteiger partial charge is 0.319 e. The monoisotopic (exact) mass is 139 g/mol. The number of aryl methyl sites for hydroxylation is 1. The molecule has 56 valence electrons. The molecule has 0 aliphatic rings. The minimum absolute atomic E-state index is 0.0347. The fourth-order valence-corrected chi connectivity index (χ4v) is 0.508. The Kier molecular flexibility index (Phi) is 4.29. The highest BCUT2D eigenvalue weighted by atomic mass is 16.1. The summed E-state index contributed by atoms with van der Waals surface area (Å²) in [6, 6.07) is 5.07. The summed E-state index contributed by atoms with van der Waals surface area (Å²) in [7, 11) is 1.72. The molecule has 0 saturated carbocycles. The molecule has 1 heterocycles. The average molecular weight is 139 g/mol. The molecule has 0 aliphatic carbocycles. The summed E-state index contributed by atoms with van der Waals surface area (Å²) < 4.78 is 1.53. The molecule has 0 atom stereocenters. The van der Waals surface area contributed by atoms with Gasteiger partial charge in [-0.3, -0.25) is 4.79 Å². The van der Waals surface area contributed by atoms with Crippen molar-refractivity contribution in [3.63, 3.8) is 0 Å². The van der Waals surface area contributed by atoms with Crippen molar-refractivity contribution in [2.75, 3.05) is 0 Å². The molecule has 10 heavy (non-hydrogen) atoms. The first kappa shape index (κ1) is 8.95. The SMILES string of the molecule is CC.Cn1ccccc1=O. The van der Waals surface area contributed by atoms with E-state index in [0.717, 1.165) is 0 Å². The maximum Gasteiger partial charge on any atom is 0.250 e. The van der Waals surface area contributed by atoms with Crippen molar-refractivity contribution in [1.29, 1.82) is 0 Å². The highest BCUT2D eigenvalue weighted by molar-refractivity contribution is 4.91. The molecule has 0 saturated heterocycles. The predicted octanol–water partition coefficient (Wildman–Crippen LogP) is 1.41. The van der Waals surface area contributed by atoms with Crippen molar-refractivity contribution in [3.05, 3.63) is 34.7 Å². The highest BCUT2D eigenvalue weighted by Crippen LogP contribution is 1.73. The normalized spacial score (nSPS) is 7.90. The van der Waals surface area contributed by atoms with Gasteiger partial charge in [-0.2, -0.15) is 0 Å². The number of nitrogens with zero attached hydrogens (tertiary/aromatic N) is 1. The number of hydrogen-bond donors (Lipinski definition) is 0. The van der Waals surface area contributed by atoms with E-state index in [9.17, 15) is 4.79 Å². The van der Waals surface area contributed by atoms with Gasteiger partial charge in [0.05, 0.1) is 0 Å². The molecule has 1 rings (SSSR count). The van der Waals surface area contributed by atoms with Gasteiger partial charge in [0.1, 0.15) is 0 Å². The molecule has 0 N–H and O–H groups in total. The van der Waals surface area contributed by atoms with Gasteiger partial charge < -0.3 is 4.57 Å². The van der Waals surface area contributed by atoms with Crippen molar-refractivity contribution in [1.82, 2.24) is 4.57 Å².